The van der Waals surface area contributed by atoms with Crippen molar-refractivity contribution >= 4 is 22.6 Å². The molecular formula is C16H17IO. The number of ether oxygens (including phenoxy) is 1. The van der Waals surface area contributed by atoms with E-state index < -0.39 is 0 Å². The van der Waals surface area contributed by atoms with Gasteiger partial charge >= 0.3 is 0 Å². The predicted octanol–water partition coefficient (Wildman–Crippen LogP) is 4.69. The molecule has 18 heavy (non-hydrogen) atoms. The van der Waals surface area contributed by atoms with Gasteiger partial charge in [-0.3, -0.25) is 0 Å². The number of aryl methyl sites for hydroxylation is 1. The van der Waals surface area contributed by atoms with E-state index >= 15 is 0 Å². The fourth-order valence-electron chi connectivity index (χ4n) is 1.94. The Morgan fingerprint density at radius 3 is 2.33 bits per heavy atom. The van der Waals surface area contributed by atoms with Gasteiger partial charge in [-0.1, -0.05) is 77.2 Å². The van der Waals surface area contributed by atoms with Gasteiger partial charge < -0.3 is 4.74 Å². The molecule has 94 valence electrons. The number of hydrogen-bond acceptors (Lipinski definition) is 1. The molecule has 1 unspecified atom stereocenters. The van der Waals surface area contributed by atoms with Crippen molar-refractivity contribution in [2.24, 2.45) is 0 Å². The number of hydrogen-bond donors (Lipinski definition) is 0. The Morgan fingerprint density at radius 2 is 1.67 bits per heavy atom. The molecule has 1 nitrogen and oxygen atoms in total. The zero-order valence-corrected chi connectivity index (χ0v) is 12.6. The summed E-state index contributed by atoms with van der Waals surface area (Å²) in [7, 11) is 0. The minimum absolute atomic E-state index is 0.173. The van der Waals surface area contributed by atoms with Crippen molar-refractivity contribution in [2.45, 2.75) is 19.6 Å². The molecule has 0 amide bonds. The zero-order valence-electron chi connectivity index (χ0n) is 10.5. The maximum absolute atomic E-state index is 6.04. The molecule has 0 bridgehead atoms. The average molecular weight is 352 g/mol. The van der Waals surface area contributed by atoms with Crippen LogP contribution in [0.1, 0.15) is 22.8 Å². The summed E-state index contributed by atoms with van der Waals surface area (Å²) in [5, 5.41) is 0. The molecule has 2 aromatic rings. The minimum atomic E-state index is 0.173. The second-order valence-electron chi connectivity index (χ2n) is 4.30. The van der Waals surface area contributed by atoms with E-state index in [0.29, 0.717) is 6.61 Å². The van der Waals surface area contributed by atoms with Gasteiger partial charge in [0.2, 0.25) is 0 Å². The first-order valence-electron chi connectivity index (χ1n) is 6.08. The molecule has 2 heteroatoms. The summed E-state index contributed by atoms with van der Waals surface area (Å²) < 4.78 is 7.00. The van der Waals surface area contributed by atoms with E-state index in [2.05, 4.69) is 65.9 Å². The molecular weight excluding hydrogens is 335 g/mol. The van der Waals surface area contributed by atoms with E-state index in [9.17, 15) is 0 Å². The van der Waals surface area contributed by atoms with Gasteiger partial charge in [0, 0.05) is 4.43 Å². The molecule has 0 aliphatic carbocycles. The van der Waals surface area contributed by atoms with Crippen molar-refractivity contribution in [3.8, 4) is 0 Å². The summed E-state index contributed by atoms with van der Waals surface area (Å²) in [6, 6.07) is 18.8. The first-order valence-corrected chi connectivity index (χ1v) is 7.61. The highest BCUT2D eigenvalue weighted by Gasteiger charge is 2.12. The van der Waals surface area contributed by atoms with Crippen LogP contribution in [0.2, 0.25) is 0 Å². The van der Waals surface area contributed by atoms with Crippen molar-refractivity contribution < 1.29 is 4.74 Å². The molecule has 0 heterocycles. The molecule has 0 radical (unpaired) electrons. The predicted molar refractivity (Wildman–Crippen MR) is 84.0 cm³/mol. The van der Waals surface area contributed by atoms with Gasteiger partial charge in [-0.2, -0.15) is 0 Å². The van der Waals surface area contributed by atoms with Gasteiger partial charge in [-0.15, -0.1) is 0 Å². The largest absolute Gasteiger partial charge is 0.368 e. The summed E-state index contributed by atoms with van der Waals surface area (Å²) in [6.45, 7) is 2.81. The van der Waals surface area contributed by atoms with Crippen LogP contribution in [0.15, 0.2) is 54.6 Å². The van der Waals surface area contributed by atoms with Gasteiger partial charge in [0.1, 0.15) is 0 Å². The molecule has 0 saturated carbocycles. The number of alkyl halides is 1. The fourth-order valence-corrected chi connectivity index (χ4v) is 2.67. The number of benzene rings is 2. The van der Waals surface area contributed by atoms with E-state index in [4.69, 9.17) is 4.74 Å². The Hall–Kier alpha value is -0.870. The van der Waals surface area contributed by atoms with Crippen LogP contribution in [0.5, 0.6) is 0 Å². The molecule has 0 aliphatic heterocycles. The van der Waals surface area contributed by atoms with E-state index in [0.717, 1.165) is 4.43 Å². The lowest BCUT2D eigenvalue weighted by molar-refractivity contribution is 0.0573. The number of rotatable bonds is 5. The van der Waals surface area contributed by atoms with Crippen molar-refractivity contribution in [2.75, 3.05) is 4.43 Å². The Kier molecular flexibility index (Phi) is 5.20. The molecule has 0 aromatic heterocycles. The van der Waals surface area contributed by atoms with Gasteiger partial charge in [0.15, 0.2) is 0 Å². The SMILES string of the molecule is Cc1ccccc1C(CI)OCc1ccccc1. The molecule has 0 N–H and O–H groups in total. The highest BCUT2D eigenvalue weighted by atomic mass is 127. The van der Waals surface area contributed by atoms with Crippen LogP contribution in [-0.4, -0.2) is 4.43 Å². The maximum Gasteiger partial charge on any atom is 0.0921 e. The van der Waals surface area contributed by atoms with Crippen molar-refractivity contribution in [1.29, 1.82) is 0 Å². The third-order valence-electron chi connectivity index (χ3n) is 2.97. The first-order chi connectivity index (χ1) is 8.81. The minimum Gasteiger partial charge on any atom is -0.368 e. The lowest BCUT2D eigenvalue weighted by atomic mass is 10.0. The molecule has 0 spiro atoms. The van der Waals surface area contributed by atoms with Crippen LogP contribution in [-0.2, 0) is 11.3 Å². The van der Waals surface area contributed by atoms with Gasteiger partial charge in [0.25, 0.3) is 0 Å². The van der Waals surface area contributed by atoms with Crippen molar-refractivity contribution in [3.63, 3.8) is 0 Å². The van der Waals surface area contributed by atoms with E-state index in [1.165, 1.54) is 16.7 Å². The lowest BCUT2D eigenvalue weighted by Crippen LogP contribution is -2.07. The van der Waals surface area contributed by atoms with E-state index in [-0.39, 0.29) is 6.10 Å². The molecule has 1 atom stereocenters. The summed E-state index contributed by atoms with van der Waals surface area (Å²) >= 11 is 2.39. The maximum atomic E-state index is 6.04. The molecule has 0 saturated heterocycles. The Labute approximate surface area is 122 Å². The fraction of sp³-hybridized carbons (Fsp3) is 0.250. The van der Waals surface area contributed by atoms with E-state index in [1.54, 1.807) is 0 Å². The van der Waals surface area contributed by atoms with Gasteiger partial charge in [0.05, 0.1) is 12.7 Å². The summed E-state index contributed by atoms with van der Waals surface area (Å²) in [5.41, 5.74) is 3.82. The highest BCUT2D eigenvalue weighted by Crippen LogP contribution is 2.24. The Balaban J connectivity index is 2.04. The topological polar surface area (TPSA) is 9.23 Å². The van der Waals surface area contributed by atoms with Crippen LogP contribution < -0.4 is 0 Å². The highest BCUT2D eigenvalue weighted by molar-refractivity contribution is 14.1. The Morgan fingerprint density at radius 1 is 1.00 bits per heavy atom. The van der Waals surface area contributed by atoms with Crippen LogP contribution in [0.3, 0.4) is 0 Å². The lowest BCUT2D eigenvalue weighted by Gasteiger charge is -2.18. The molecule has 2 rings (SSSR count). The third-order valence-corrected chi connectivity index (χ3v) is 3.77. The van der Waals surface area contributed by atoms with Crippen LogP contribution in [0.4, 0.5) is 0 Å². The van der Waals surface area contributed by atoms with Crippen molar-refractivity contribution in [1.82, 2.24) is 0 Å². The second kappa shape index (κ2) is 6.90. The Bertz CT molecular complexity index is 481. The normalized spacial score (nSPS) is 12.3. The van der Waals surface area contributed by atoms with Crippen LogP contribution >= 0.6 is 22.6 Å². The monoisotopic (exact) mass is 352 g/mol. The zero-order chi connectivity index (χ0) is 12.8. The van der Waals surface area contributed by atoms with Gasteiger partial charge in [-0.05, 0) is 23.6 Å². The summed E-state index contributed by atoms with van der Waals surface area (Å²) in [5.74, 6) is 0. The molecule has 0 fully saturated rings. The van der Waals surface area contributed by atoms with Gasteiger partial charge in [-0.25, -0.2) is 0 Å². The van der Waals surface area contributed by atoms with Crippen molar-refractivity contribution in [3.05, 3.63) is 71.3 Å². The standard InChI is InChI=1S/C16H17IO/c1-13-7-5-6-10-15(13)16(11-17)18-12-14-8-3-2-4-9-14/h2-10,16H,11-12H2,1H3. The quantitative estimate of drug-likeness (QED) is 0.561. The average Bonchev–Trinajstić information content (AvgIpc) is 2.42. The molecule has 2 aromatic carbocycles. The summed E-state index contributed by atoms with van der Waals surface area (Å²) in [4.78, 5) is 0. The smallest absolute Gasteiger partial charge is 0.0921 e. The van der Waals surface area contributed by atoms with E-state index in [1.807, 2.05) is 18.2 Å². The second-order valence-corrected chi connectivity index (χ2v) is 5.18. The first kappa shape index (κ1) is 13.6. The molecule has 0 aliphatic rings. The number of halogens is 1. The summed E-state index contributed by atoms with van der Waals surface area (Å²) in [6.07, 6.45) is 0.173. The van der Waals surface area contributed by atoms with Crippen LogP contribution in [0, 0.1) is 6.92 Å². The third kappa shape index (κ3) is 3.56. The van der Waals surface area contributed by atoms with Crippen LogP contribution in [0.25, 0.3) is 0 Å².